The van der Waals surface area contributed by atoms with E-state index in [1.807, 2.05) is 6.92 Å². The maximum absolute atomic E-state index is 11.4. The minimum Gasteiger partial charge on any atom is -0.380 e. The largest absolute Gasteiger partial charge is 0.380 e. The lowest BCUT2D eigenvalue weighted by atomic mass is 10.2. The van der Waals surface area contributed by atoms with Crippen LogP contribution < -0.4 is 10.6 Å². The van der Waals surface area contributed by atoms with Crippen molar-refractivity contribution in [3.8, 4) is 0 Å². The van der Waals surface area contributed by atoms with Gasteiger partial charge in [-0.2, -0.15) is 0 Å². The van der Waals surface area contributed by atoms with Crippen molar-refractivity contribution in [2.24, 2.45) is 0 Å². The van der Waals surface area contributed by atoms with Crippen molar-refractivity contribution >= 4 is 5.91 Å². The monoisotopic (exact) mass is 186 g/mol. The molecular weight excluding hydrogens is 168 g/mol. The molecule has 1 rings (SSSR count). The van der Waals surface area contributed by atoms with Crippen molar-refractivity contribution in [1.82, 2.24) is 10.6 Å². The highest BCUT2D eigenvalue weighted by Gasteiger charge is 2.21. The Kier molecular flexibility index (Phi) is 4.18. The summed E-state index contributed by atoms with van der Waals surface area (Å²) < 4.78 is 5.03. The Morgan fingerprint density at radius 2 is 2.54 bits per heavy atom. The first-order chi connectivity index (χ1) is 6.24. The van der Waals surface area contributed by atoms with Gasteiger partial charge in [0.2, 0.25) is 5.91 Å². The van der Waals surface area contributed by atoms with Gasteiger partial charge in [0.25, 0.3) is 0 Å². The van der Waals surface area contributed by atoms with Crippen molar-refractivity contribution in [3.05, 3.63) is 0 Å². The first-order valence-electron chi connectivity index (χ1n) is 4.78. The minimum absolute atomic E-state index is 0.0176. The number of ether oxygens (including phenoxy) is 1. The van der Waals surface area contributed by atoms with E-state index in [0.717, 1.165) is 19.4 Å². The zero-order valence-corrected chi connectivity index (χ0v) is 8.30. The summed E-state index contributed by atoms with van der Waals surface area (Å²) in [7, 11) is 1.64. The maximum Gasteiger partial charge on any atom is 0.237 e. The molecule has 2 atom stereocenters. The summed E-state index contributed by atoms with van der Waals surface area (Å²) in [5, 5.41) is 5.99. The van der Waals surface area contributed by atoms with Crippen LogP contribution in [0.5, 0.6) is 0 Å². The van der Waals surface area contributed by atoms with Gasteiger partial charge in [-0.1, -0.05) is 0 Å². The number of methoxy groups -OCH3 is 1. The first-order valence-corrected chi connectivity index (χ1v) is 4.78. The summed E-state index contributed by atoms with van der Waals surface area (Å²) in [5.41, 5.74) is 0. The average molecular weight is 186 g/mol. The van der Waals surface area contributed by atoms with Crippen LogP contribution in [0.4, 0.5) is 0 Å². The van der Waals surface area contributed by atoms with Crippen molar-refractivity contribution in [2.45, 2.75) is 31.9 Å². The first kappa shape index (κ1) is 10.5. The highest BCUT2D eigenvalue weighted by molar-refractivity contribution is 5.81. The highest BCUT2D eigenvalue weighted by Crippen LogP contribution is 2.04. The summed E-state index contributed by atoms with van der Waals surface area (Å²) in [4.78, 5) is 11.4. The molecule has 0 aromatic rings. The molecule has 1 aliphatic rings. The van der Waals surface area contributed by atoms with E-state index in [-0.39, 0.29) is 18.1 Å². The SMILES string of the molecule is COC(C)CNC(=O)[C@H]1CCCN1. The molecule has 4 heteroatoms. The molecule has 0 saturated carbocycles. The van der Waals surface area contributed by atoms with Crippen LogP contribution in [0.25, 0.3) is 0 Å². The van der Waals surface area contributed by atoms with Crippen LogP contribution in [0.1, 0.15) is 19.8 Å². The fourth-order valence-electron chi connectivity index (χ4n) is 1.36. The molecule has 1 heterocycles. The molecule has 13 heavy (non-hydrogen) atoms. The third-order valence-corrected chi connectivity index (χ3v) is 2.34. The molecule has 0 bridgehead atoms. The smallest absolute Gasteiger partial charge is 0.237 e. The standard InChI is InChI=1S/C9H18N2O2/c1-7(13-2)6-11-9(12)8-4-3-5-10-8/h7-8,10H,3-6H2,1-2H3,(H,11,12)/t7?,8-/m1/s1. The zero-order chi connectivity index (χ0) is 9.68. The number of rotatable bonds is 4. The molecular formula is C9H18N2O2. The van der Waals surface area contributed by atoms with E-state index in [9.17, 15) is 4.79 Å². The second kappa shape index (κ2) is 5.19. The Morgan fingerprint density at radius 1 is 1.77 bits per heavy atom. The predicted octanol–water partition coefficient (Wildman–Crippen LogP) is -0.110. The fourth-order valence-corrected chi connectivity index (χ4v) is 1.36. The molecule has 1 fully saturated rings. The summed E-state index contributed by atoms with van der Waals surface area (Å²) in [6.07, 6.45) is 2.14. The van der Waals surface area contributed by atoms with Crippen molar-refractivity contribution in [3.63, 3.8) is 0 Å². The topological polar surface area (TPSA) is 50.4 Å². The molecule has 1 aliphatic heterocycles. The van der Waals surface area contributed by atoms with Gasteiger partial charge in [0.15, 0.2) is 0 Å². The molecule has 0 aromatic carbocycles. The number of carbonyl (C=O) groups excluding carboxylic acids is 1. The quantitative estimate of drug-likeness (QED) is 0.644. The second-order valence-corrected chi connectivity index (χ2v) is 3.44. The Balaban J connectivity index is 2.16. The molecule has 0 aromatic heterocycles. The fraction of sp³-hybridized carbons (Fsp3) is 0.889. The Bertz CT molecular complexity index is 167. The Morgan fingerprint density at radius 3 is 3.08 bits per heavy atom. The lowest BCUT2D eigenvalue weighted by molar-refractivity contribution is -0.123. The van der Waals surface area contributed by atoms with E-state index in [1.165, 1.54) is 0 Å². The third kappa shape index (κ3) is 3.32. The third-order valence-electron chi connectivity index (χ3n) is 2.34. The van der Waals surface area contributed by atoms with Crippen LogP contribution in [-0.4, -0.2) is 38.3 Å². The van der Waals surface area contributed by atoms with E-state index in [4.69, 9.17) is 4.74 Å². The Labute approximate surface area is 79.0 Å². The molecule has 1 amide bonds. The number of hydrogen-bond acceptors (Lipinski definition) is 3. The molecule has 1 unspecified atom stereocenters. The minimum atomic E-state index is 0.0176. The van der Waals surface area contributed by atoms with Crippen LogP contribution in [0.3, 0.4) is 0 Å². The molecule has 0 spiro atoms. The van der Waals surface area contributed by atoms with E-state index < -0.39 is 0 Å². The number of carbonyl (C=O) groups is 1. The Hall–Kier alpha value is -0.610. The highest BCUT2D eigenvalue weighted by atomic mass is 16.5. The number of amides is 1. The van der Waals surface area contributed by atoms with E-state index in [2.05, 4.69) is 10.6 Å². The van der Waals surface area contributed by atoms with Gasteiger partial charge in [-0.15, -0.1) is 0 Å². The molecule has 0 radical (unpaired) electrons. The summed E-state index contributed by atoms with van der Waals surface area (Å²) in [6, 6.07) is 0.0176. The van der Waals surface area contributed by atoms with E-state index in [1.54, 1.807) is 7.11 Å². The molecule has 76 valence electrons. The molecule has 1 saturated heterocycles. The average Bonchev–Trinajstić information content (AvgIpc) is 2.66. The lowest BCUT2D eigenvalue weighted by Gasteiger charge is -2.14. The summed E-state index contributed by atoms with van der Waals surface area (Å²) >= 11 is 0. The van der Waals surface area contributed by atoms with E-state index >= 15 is 0 Å². The number of nitrogens with one attached hydrogen (secondary N) is 2. The van der Waals surface area contributed by atoms with Crippen LogP contribution in [0.15, 0.2) is 0 Å². The van der Waals surface area contributed by atoms with Gasteiger partial charge in [-0.25, -0.2) is 0 Å². The predicted molar refractivity (Wildman–Crippen MR) is 50.5 cm³/mol. The van der Waals surface area contributed by atoms with Crippen molar-refractivity contribution < 1.29 is 9.53 Å². The van der Waals surface area contributed by atoms with Gasteiger partial charge >= 0.3 is 0 Å². The van der Waals surface area contributed by atoms with Crippen LogP contribution >= 0.6 is 0 Å². The van der Waals surface area contributed by atoms with Crippen LogP contribution in [0, 0.1) is 0 Å². The zero-order valence-electron chi connectivity index (χ0n) is 8.30. The molecule has 0 aliphatic carbocycles. The van der Waals surface area contributed by atoms with Gasteiger partial charge in [-0.3, -0.25) is 4.79 Å². The lowest BCUT2D eigenvalue weighted by Crippen LogP contribution is -2.43. The van der Waals surface area contributed by atoms with Gasteiger partial charge in [0.05, 0.1) is 12.1 Å². The summed E-state index contributed by atoms with van der Waals surface area (Å²) in [6.45, 7) is 3.48. The van der Waals surface area contributed by atoms with Gasteiger partial charge in [0.1, 0.15) is 0 Å². The van der Waals surface area contributed by atoms with Gasteiger partial charge in [-0.05, 0) is 26.3 Å². The van der Waals surface area contributed by atoms with Crippen molar-refractivity contribution in [2.75, 3.05) is 20.2 Å². The van der Waals surface area contributed by atoms with Crippen molar-refractivity contribution in [1.29, 1.82) is 0 Å². The molecule has 2 N–H and O–H groups in total. The number of hydrogen-bond donors (Lipinski definition) is 2. The molecule has 4 nitrogen and oxygen atoms in total. The normalized spacial score (nSPS) is 24.3. The van der Waals surface area contributed by atoms with Crippen LogP contribution in [-0.2, 0) is 9.53 Å². The summed E-state index contributed by atoms with van der Waals surface area (Å²) in [5.74, 6) is 0.0985. The van der Waals surface area contributed by atoms with Gasteiger partial charge < -0.3 is 15.4 Å². The maximum atomic E-state index is 11.4. The van der Waals surface area contributed by atoms with E-state index in [0.29, 0.717) is 6.54 Å². The van der Waals surface area contributed by atoms with Gasteiger partial charge in [0, 0.05) is 13.7 Å². The second-order valence-electron chi connectivity index (χ2n) is 3.44. The van der Waals surface area contributed by atoms with Crippen LogP contribution in [0.2, 0.25) is 0 Å².